The molecule has 0 bridgehead atoms. The Morgan fingerprint density at radius 3 is 2.52 bits per heavy atom. The van der Waals surface area contributed by atoms with Crippen molar-refractivity contribution in [3.05, 3.63) is 29.8 Å². The molecule has 0 unspecified atom stereocenters. The molecule has 0 radical (unpaired) electrons. The molecule has 10 heteroatoms. The maximum absolute atomic E-state index is 11.7. The molecule has 1 heterocycles. The van der Waals surface area contributed by atoms with Crippen molar-refractivity contribution in [2.24, 2.45) is 4.99 Å². The van der Waals surface area contributed by atoms with E-state index in [1.807, 2.05) is 39.0 Å². The average Bonchev–Trinajstić information content (AvgIpc) is 2.76. The SMILES string of the molecule is CN=C(NCCCNC(=O)OC(C)(C)C)NCc1ccccc1OCCN1CCOCC1.I. The van der Waals surface area contributed by atoms with E-state index in [1.54, 1.807) is 7.05 Å². The number of hydrogen-bond donors (Lipinski definition) is 3. The Morgan fingerprint density at radius 2 is 1.82 bits per heavy atom. The standard InChI is InChI=1S/C23H39N5O4.HI/c1-23(2,3)32-22(29)26-11-7-10-25-21(24-4)27-18-19-8-5-6-9-20(19)31-17-14-28-12-15-30-16-13-28;/h5-6,8-9H,7,10-18H2,1-4H3,(H,26,29)(H2,24,25,27);1H. The van der Waals surface area contributed by atoms with E-state index in [9.17, 15) is 4.79 Å². The molecule has 3 N–H and O–H groups in total. The van der Waals surface area contributed by atoms with Crippen molar-refractivity contribution in [1.29, 1.82) is 0 Å². The third kappa shape index (κ3) is 12.9. The molecule has 9 nitrogen and oxygen atoms in total. The number of nitrogens with one attached hydrogen (secondary N) is 3. The second-order valence-electron chi connectivity index (χ2n) is 8.54. The molecule has 188 valence electrons. The van der Waals surface area contributed by atoms with E-state index >= 15 is 0 Å². The maximum atomic E-state index is 11.7. The van der Waals surface area contributed by atoms with Gasteiger partial charge in [-0.05, 0) is 33.3 Å². The summed E-state index contributed by atoms with van der Waals surface area (Å²) in [6, 6.07) is 8.03. The summed E-state index contributed by atoms with van der Waals surface area (Å²) < 4.78 is 16.6. The number of benzene rings is 1. The summed E-state index contributed by atoms with van der Waals surface area (Å²) in [5.74, 6) is 1.58. The number of halogens is 1. The number of rotatable bonds is 10. The van der Waals surface area contributed by atoms with Crippen LogP contribution in [0.4, 0.5) is 4.79 Å². The van der Waals surface area contributed by atoms with E-state index in [-0.39, 0.29) is 24.0 Å². The van der Waals surface area contributed by atoms with Gasteiger partial charge in [-0.3, -0.25) is 9.89 Å². The number of para-hydroxylation sites is 1. The Kier molecular flexibility index (Phi) is 14.1. The predicted molar refractivity (Wildman–Crippen MR) is 142 cm³/mol. The van der Waals surface area contributed by atoms with Gasteiger partial charge in [0.25, 0.3) is 0 Å². The summed E-state index contributed by atoms with van der Waals surface area (Å²) in [4.78, 5) is 18.3. The Labute approximate surface area is 215 Å². The first kappa shape index (κ1) is 29.2. The number of morpholine rings is 1. The van der Waals surface area contributed by atoms with E-state index < -0.39 is 11.7 Å². The number of carbonyl (C=O) groups excluding carboxylic acids is 1. The van der Waals surface area contributed by atoms with Gasteiger partial charge in [0.1, 0.15) is 18.0 Å². The minimum atomic E-state index is -0.489. The van der Waals surface area contributed by atoms with Crippen molar-refractivity contribution < 1.29 is 19.0 Å². The van der Waals surface area contributed by atoms with Crippen LogP contribution in [0.5, 0.6) is 5.75 Å². The van der Waals surface area contributed by atoms with Gasteiger partial charge in [-0.15, -0.1) is 24.0 Å². The first-order valence-corrected chi connectivity index (χ1v) is 11.3. The molecule has 1 amide bonds. The van der Waals surface area contributed by atoms with Crippen molar-refractivity contribution in [3.63, 3.8) is 0 Å². The van der Waals surface area contributed by atoms with Crippen LogP contribution < -0.4 is 20.7 Å². The van der Waals surface area contributed by atoms with Crippen LogP contribution in [-0.4, -0.2) is 82.1 Å². The topological polar surface area (TPSA) is 96.5 Å². The molecule has 2 rings (SSSR count). The normalized spacial score (nSPS) is 14.7. The second-order valence-corrected chi connectivity index (χ2v) is 8.54. The fourth-order valence-corrected chi connectivity index (χ4v) is 3.10. The molecule has 1 fully saturated rings. The Bertz CT molecular complexity index is 721. The highest BCUT2D eigenvalue weighted by atomic mass is 127. The molecule has 0 atom stereocenters. The third-order valence-electron chi connectivity index (χ3n) is 4.73. The molecular formula is C23H40IN5O4. The summed E-state index contributed by atoms with van der Waals surface area (Å²) in [6.45, 7) is 12.4. The quantitative estimate of drug-likeness (QED) is 0.170. The molecule has 0 aromatic heterocycles. The lowest BCUT2D eigenvalue weighted by molar-refractivity contribution is 0.0322. The summed E-state index contributed by atoms with van der Waals surface area (Å²) in [7, 11) is 1.74. The minimum Gasteiger partial charge on any atom is -0.492 e. The van der Waals surface area contributed by atoms with E-state index in [0.717, 1.165) is 50.6 Å². The molecule has 1 aromatic carbocycles. The molecule has 0 spiro atoms. The van der Waals surface area contributed by atoms with Crippen LogP contribution in [0, 0.1) is 0 Å². The van der Waals surface area contributed by atoms with Crippen molar-refractivity contribution in [3.8, 4) is 5.75 Å². The lowest BCUT2D eigenvalue weighted by Gasteiger charge is -2.26. The smallest absolute Gasteiger partial charge is 0.407 e. The van der Waals surface area contributed by atoms with Crippen LogP contribution in [0.25, 0.3) is 0 Å². The van der Waals surface area contributed by atoms with Crippen molar-refractivity contribution in [1.82, 2.24) is 20.9 Å². The number of alkyl carbamates (subject to hydrolysis) is 1. The van der Waals surface area contributed by atoms with E-state index in [1.165, 1.54) is 0 Å². The van der Waals surface area contributed by atoms with Crippen molar-refractivity contribution in [2.75, 3.05) is 59.6 Å². The fraction of sp³-hybridized carbons (Fsp3) is 0.652. The first-order valence-electron chi connectivity index (χ1n) is 11.3. The summed E-state index contributed by atoms with van der Waals surface area (Å²) in [5.41, 5.74) is 0.584. The molecule has 33 heavy (non-hydrogen) atoms. The lowest BCUT2D eigenvalue weighted by atomic mass is 10.2. The number of amides is 1. The zero-order valence-electron chi connectivity index (χ0n) is 20.3. The average molecular weight is 578 g/mol. The van der Waals surface area contributed by atoms with Crippen LogP contribution >= 0.6 is 24.0 Å². The summed E-state index contributed by atoms with van der Waals surface area (Å²) in [5, 5.41) is 9.32. The highest BCUT2D eigenvalue weighted by Crippen LogP contribution is 2.17. The van der Waals surface area contributed by atoms with Crippen LogP contribution in [0.1, 0.15) is 32.8 Å². The fourth-order valence-electron chi connectivity index (χ4n) is 3.10. The number of carbonyl (C=O) groups is 1. The predicted octanol–water partition coefficient (Wildman–Crippen LogP) is 2.60. The molecule has 0 aliphatic carbocycles. The van der Waals surface area contributed by atoms with Gasteiger partial charge in [0, 0.05) is 51.9 Å². The van der Waals surface area contributed by atoms with Gasteiger partial charge in [0.2, 0.25) is 0 Å². The molecule has 1 aliphatic rings. The zero-order valence-corrected chi connectivity index (χ0v) is 22.6. The van der Waals surface area contributed by atoms with Crippen LogP contribution in [0.15, 0.2) is 29.3 Å². The zero-order chi connectivity index (χ0) is 23.2. The summed E-state index contributed by atoms with van der Waals surface area (Å²) in [6.07, 6.45) is 0.353. The van der Waals surface area contributed by atoms with Gasteiger partial charge < -0.3 is 30.2 Å². The number of guanidine groups is 1. The second kappa shape index (κ2) is 15.9. The Hall–Kier alpha value is -1.79. The molecule has 0 saturated carbocycles. The molecular weight excluding hydrogens is 537 g/mol. The third-order valence-corrected chi connectivity index (χ3v) is 4.73. The van der Waals surface area contributed by atoms with Crippen LogP contribution in [0.3, 0.4) is 0 Å². The summed E-state index contributed by atoms with van der Waals surface area (Å²) >= 11 is 0. The van der Waals surface area contributed by atoms with Crippen molar-refractivity contribution in [2.45, 2.75) is 39.3 Å². The largest absolute Gasteiger partial charge is 0.492 e. The van der Waals surface area contributed by atoms with Gasteiger partial charge in [-0.2, -0.15) is 0 Å². The van der Waals surface area contributed by atoms with Gasteiger partial charge in [-0.25, -0.2) is 4.79 Å². The van der Waals surface area contributed by atoms with Crippen molar-refractivity contribution >= 4 is 36.0 Å². The van der Waals surface area contributed by atoms with Gasteiger partial charge in [0.05, 0.1) is 13.2 Å². The van der Waals surface area contributed by atoms with E-state index in [0.29, 0.717) is 32.2 Å². The van der Waals surface area contributed by atoms with E-state index in [2.05, 4.69) is 31.9 Å². The monoisotopic (exact) mass is 577 g/mol. The highest BCUT2D eigenvalue weighted by molar-refractivity contribution is 14.0. The number of ether oxygens (including phenoxy) is 3. The Morgan fingerprint density at radius 1 is 1.12 bits per heavy atom. The number of hydrogen-bond acceptors (Lipinski definition) is 6. The number of nitrogens with zero attached hydrogens (tertiary/aromatic N) is 2. The van der Waals surface area contributed by atoms with Gasteiger partial charge >= 0.3 is 6.09 Å². The first-order chi connectivity index (χ1) is 15.4. The highest BCUT2D eigenvalue weighted by Gasteiger charge is 2.15. The van der Waals surface area contributed by atoms with Crippen LogP contribution in [0.2, 0.25) is 0 Å². The molecule has 1 saturated heterocycles. The lowest BCUT2D eigenvalue weighted by Crippen LogP contribution is -2.39. The van der Waals surface area contributed by atoms with Crippen LogP contribution in [-0.2, 0) is 16.0 Å². The van der Waals surface area contributed by atoms with Gasteiger partial charge in [0.15, 0.2) is 5.96 Å². The van der Waals surface area contributed by atoms with Gasteiger partial charge in [-0.1, -0.05) is 18.2 Å². The number of aliphatic imine (C=N–C) groups is 1. The minimum absolute atomic E-state index is 0. The van der Waals surface area contributed by atoms with E-state index in [4.69, 9.17) is 14.2 Å². The maximum Gasteiger partial charge on any atom is 0.407 e. The molecule has 1 aromatic rings. The Balaban J connectivity index is 0.00000544. The molecule has 1 aliphatic heterocycles.